The van der Waals surface area contributed by atoms with E-state index in [9.17, 15) is 4.79 Å². The molecule has 112 valence electrons. The van der Waals surface area contributed by atoms with Gasteiger partial charge < -0.3 is 14.5 Å². The Labute approximate surface area is 130 Å². The van der Waals surface area contributed by atoms with Crippen LogP contribution in [0.4, 0.5) is 0 Å². The standard InChI is InChI=1S/C16H20N2O2S/c19-15(16(21)17-8-10-20-11-9-17)18-7-6-14(12-18)13-4-2-1-3-5-13/h1-5,14H,6-12H2. The number of nitrogens with zero attached hydrogens (tertiary/aromatic N) is 2. The van der Waals surface area contributed by atoms with E-state index in [-0.39, 0.29) is 5.91 Å². The maximum atomic E-state index is 12.5. The molecule has 0 N–H and O–H groups in total. The van der Waals surface area contributed by atoms with Gasteiger partial charge in [0.15, 0.2) is 4.99 Å². The minimum Gasteiger partial charge on any atom is -0.378 e. The Morgan fingerprint density at radius 3 is 2.52 bits per heavy atom. The molecule has 0 radical (unpaired) electrons. The number of rotatable bonds is 1. The van der Waals surface area contributed by atoms with Crippen molar-refractivity contribution >= 4 is 23.1 Å². The second-order valence-electron chi connectivity index (χ2n) is 5.55. The minimum atomic E-state index is 0.00494. The number of hydrogen-bond donors (Lipinski definition) is 0. The third kappa shape index (κ3) is 3.24. The summed E-state index contributed by atoms with van der Waals surface area (Å²) in [6.45, 7) is 4.32. The Kier molecular flexibility index (Phi) is 4.51. The van der Waals surface area contributed by atoms with Gasteiger partial charge in [0.05, 0.1) is 13.2 Å². The summed E-state index contributed by atoms with van der Waals surface area (Å²) in [4.78, 5) is 16.8. The second-order valence-corrected chi connectivity index (χ2v) is 5.94. The molecule has 1 atom stereocenters. The number of amides is 1. The van der Waals surface area contributed by atoms with E-state index in [1.165, 1.54) is 5.56 Å². The Hall–Kier alpha value is -1.46. The number of thiocarbonyl (C=S) groups is 1. The maximum absolute atomic E-state index is 12.5. The van der Waals surface area contributed by atoms with Crippen molar-refractivity contribution in [2.24, 2.45) is 0 Å². The van der Waals surface area contributed by atoms with Crippen LogP contribution in [0.25, 0.3) is 0 Å². The van der Waals surface area contributed by atoms with Gasteiger partial charge in [-0.05, 0) is 12.0 Å². The predicted molar refractivity (Wildman–Crippen MR) is 85.4 cm³/mol. The first-order valence-electron chi connectivity index (χ1n) is 7.46. The monoisotopic (exact) mass is 304 g/mol. The van der Waals surface area contributed by atoms with E-state index < -0.39 is 0 Å². The highest BCUT2D eigenvalue weighted by Crippen LogP contribution is 2.27. The van der Waals surface area contributed by atoms with Crippen LogP contribution in [-0.4, -0.2) is 60.1 Å². The topological polar surface area (TPSA) is 32.8 Å². The normalized spacial score (nSPS) is 22.4. The van der Waals surface area contributed by atoms with E-state index in [1.54, 1.807) is 0 Å². The first-order chi connectivity index (χ1) is 10.3. The summed E-state index contributed by atoms with van der Waals surface area (Å²) in [7, 11) is 0. The first-order valence-corrected chi connectivity index (χ1v) is 7.87. The molecule has 3 rings (SSSR count). The van der Waals surface area contributed by atoms with Crippen molar-refractivity contribution in [2.45, 2.75) is 12.3 Å². The zero-order chi connectivity index (χ0) is 14.7. The molecule has 0 saturated carbocycles. The fraction of sp³-hybridized carbons (Fsp3) is 0.500. The molecule has 1 amide bonds. The number of morpholine rings is 1. The van der Waals surface area contributed by atoms with E-state index in [1.807, 2.05) is 15.9 Å². The molecular formula is C16H20N2O2S. The van der Waals surface area contributed by atoms with Gasteiger partial charge in [-0.1, -0.05) is 42.5 Å². The van der Waals surface area contributed by atoms with Gasteiger partial charge in [0.2, 0.25) is 0 Å². The molecule has 21 heavy (non-hydrogen) atoms. The summed E-state index contributed by atoms with van der Waals surface area (Å²) >= 11 is 5.37. The average molecular weight is 304 g/mol. The molecule has 1 aromatic rings. The van der Waals surface area contributed by atoms with Gasteiger partial charge >= 0.3 is 0 Å². The van der Waals surface area contributed by atoms with Crippen molar-refractivity contribution in [3.63, 3.8) is 0 Å². The molecular weight excluding hydrogens is 284 g/mol. The lowest BCUT2D eigenvalue weighted by molar-refractivity contribution is -0.123. The molecule has 2 saturated heterocycles. The summed E-state index contributed by atoms with van der Waals surface area (Å²) in [6, 6.07) is 10.4. The second kappa shape index (κ2) is 6.54. The minimum absolute atomic E-state index is 0.00494. The van der Waals surface area contributed by atoms with E-state index >= 15 is 0 Å². The van der Waals surface area contributed by atoms with Gasteiger partial charge in [-0.3, -0.25) is 4.79 Å². The van der Waals surface area contributed by atoms with Gasteiger partial charge in [-0.15, -0.1) is 0 Å². The molecule has 0 aromatic heterocycles. The average Bonchev–Trinajstić information content (AvgIpc) is 3.05. The number of likely N-dealkylation sites (tertiary alicyclic amines) is 1. The van der Waals surface area contributed by atoms with Crippen molar-refractivity contribution in [1.82, 2.24) is 9.80 Å². The smallest absolute Gasteiger partial charge is 0.281 e. The van der Waals surface area contributed by atoms with E-state index in [0.717, 1.165) is 32.6 Å². The summed E-state index contributed by atoms with van der Waals surface area (Å²) in [6.07, 6.45) is 1.02. The fourth-order valence-corrected chi connectivity index (χ4v) is 3.29. The number of carbonyl (C=O) groups is 1. The first kappa shape index (κ1) is 14.5. The van der Waals surface area contributed by atoms with E-state index in [0.29, 0.717) is 24.1 Å². The summed E-state index contributed by atoms with van der Waals surface area (Å²) in [5, 5.41) is 0. The molecule has 0 spiro atoms. The lowest BCUT2D eigenvalue weighted by atomic mass is 9.99. The van der Waals surface area contributed by atoms with Gasteiger partial charge in [0.25, 0.3) is 5.91 Å². The highest BCUT2D eigenvalue weighted by molar-refractivity contribution is 7.81. The zero-order valence-corrected chi connectivity index (χ0v) is 12.8. The van der Waals surface area contributed by atoms with Crippen molar-refractivity contribution in [1.29, 1.82) is 0 Å². The summed E-state index contributed by atoms with van der Waals surface area (Å²) in [5.41, 5.74) is 1.31. The highest BCUT2D eigenvalue weighted by Gasteiger charge is 2.31. The van der Waals surface area contributed by atoms with Crippen molar-refractivity contribution in [3.05, 3.63) is 35.9 Å². The predicted octanol–water partition coefficient (Wildman–Crippen LogP) is 1.66. The molecule has 0 bridgehead atoms. The maximum Gasteiger partial charge on any atom is 0.281 e. The third-order valence-electron chi connectivity index (χ3n) is 4.23. The summed E-state index contributed by atoms with van der Waals surface area (Å²) < 4.78 is 5.30. The van der Waals surface area contributed by atoms with Crippen LogP contribution < -0.4 is 0 Å². The molecule has 4 nitrogen and oxygen atoms in total. The van der Waals surface area contributed by atoms with Crippen LogP contribution in [0.2, 0.25) is 0 Å². The molecule has 2 aliphatic rings. The van der Waals surface area contributed by atoms with Crippen molar-refractivity contribution in [2.75, 3.05) is 39.4 Å². The van der Waals surface area contributed by atoms with Gasteiger partial charge in [0, 0.05) is 32.1 Å². The van der Waals surface area contributed by atoms with Gasteiger partial charge in [0.1, 0.15) is 0 Å². The highest BCUT2D eigenvalue weighted by atomic mass is 32.1. The lowest BCUT2D eigenvalue weighted by Gasteiger charge is -2.30. The molecule has 2 aliphatic heterocycles. The Bertz CT molecular complexity index is 514. The van der Waals surface area contributed by atoms with Gasteiger partial charge in [-0.25, -0.2) is 0 Å². The fourth-order valence-electron chi connectivity index (χ4n) is 2.98. The molecule has 2 heterocycles. The van der Waals surface area contributed by atoms with Crippen LogP contribution >= 0.6 is 12.2 Å². The van der Waals surface area contributed by atoms with Crippen LogP contribution in [0.1, 0.15) is 17.9 Å². The van der Waals surface area contributed by atoms with Crippen LogP contribution in [-0.2, 0) is 9.53 Å². The number of ether oxygens (including phenoxy) is 1. The van der Waals surface area contributed by atoms with Gasteiger partial charge in [-0.2, -0.15) is 0 Å². The molecule has 5 heteroatoms. The molecule has 0 aliphatic carbocycles. The Morgan fingerprint density at radius 2 is 1.81 bits per heavy atom. The Balaban J connectivity index is 1.60. The number of carbonyl (C=O) groups excluding carboxylic acids is 1. The van der Waals surface area contributed by atoms with E-state index in [4.69, 9.17) is 17.0 Å². The molecule has 2 fully saturated rings. The van der Waals surface area contributed by atoms with Crippen LogP contribution in [0.3, 0.4) is 0 Å². The summed E-state index contributed by atoms with van der Waals surface area (Å²) in [5.74, 6) is 0.438. The molecule has 1 aromatic carbocycles. The van der Waals surface area contributed by atoms with Crippen LogP contribution in [0, 0.1) is 0 Å². The zero-order valence-electron chi connectivity index (χ0n) is 12.0. The van der Waals surface area contributed by atoms with Crippen LogP contribution in [0.5, 0.6) is 0 Å². The van der Waals surface area contributed by atoms with Crippen LogP contribution in [0.15, 0.2) is 30.3 Å². The van der Waals surface area contributed by atoms with E-state index in [2.05, 4.69) is 24.3 Å². The number of benzene rings is 1. The number of hydrogen-bond acceptors (Lipinski definition) is 3. The van der Waals surface area contributed by atoms with Crippen molar-refractivity contribution in [3.8, 4) is 0 Å². The largest absolute Gasteiger partial charge is 0.378 e. The quantitative estimate of drug-likeness (QED) is 0.739. The van der Waals surface area contributed by atoms with Crippen molar-refractivity contribution < 1.29 is 9.53 Å². The molecule has 1 unspecified atom stereocenters. The SMILES string of the molecule is O=C(C(=S)N1CCOCC1)N1CCC(c2ccccc2)C1. The Morgan fingerprint density at radius 1 is 1.10 bits per heavy atom. The lowest BCUT2D eigenvalue weighted by Crippen LogP contribution is -2.47. The third-order valence-corrected chi connectivity index (χ3v) is 4.66.